The highest BCUT2D eigenvalue weighted by Gasteiger charge is 2.26. The lowest BCUT2D eigenvalue weighted by Crippen LogP contribution is -2.34. The van der Waals surface area contributed by atoms with Gasteiger partial charge in [-0.2, -0.15) is 0 Å². The largest absolute Gasteiger partial charge is 0.371 e. The smallest absolute Gasteiger partial charge is 0.257 e. The summed E-state index contributed by atoms with van der Waals surface area (Å²) in [6, 6.07) is 14.8. The van der Waals surface area contributed by atoms with Gasteiger partial charge in [-0.05, 0) is 49.6 Å². The average molecular weight is 604 g/mol. The molecular formula is C34H39ClFN5O2. The van der Waals surface area contributed by atoms with E-state index in [0.29, 0.717) is 39.0 Å². The monoisotopic (exact) mass is 603 g/mol. The molecule has 5 rings (SSSR count). The summed E-state index contributed by atoms with van der Waals surface area (Å²) in [5.74, 6) is 0.314. The summed E-state index contributed by atoms with van der Waals surface area (Å²) in [5, 5.41) is 6.14. The SMILES string of the molecule is Cc1ccc(NC(=O)c2cc3nc(Cc4c(Cl)ccc(CNC(=O)C(C)(C)C)c4F)n(C)c3cc2N2CC[C@@H](C)C2)cc1. The van der Waals surface area contributed by atoms with Crippen LogP contribution in [0.25, 0.3) is 11.0 Å². The summed E-state index contributed by atoms with van der Waals surface area (Å²) in [6.45, 7) is 11.4. The quantitative estimate of drug-likeness (QED) is 0.238. The predicted molar refractivity (Wildman–Crippen MR) is 171 cm³/mol. The van der Waals surface area contributed by atoms with Crippen LogP contribution in [0.5, 0.6) is 0 Å². The molecule has 1 fully saturated rings. The summed E-state index contributed by atoms with van der Waals surface area (Å²) < 4.78 is 17.7. The van der Waals surface area contributed by atoms with Crippen molar-refractivity contribution in [1.82, 2.24) is 14.9 Å². The van der Waals surface area contributed by atoms with E-state index in [2.05, 4.69) is 22.5 Å². The van der Waals surface area contributed by atoms with Crippen molar-refractivity contribution in [2.24, 2.45) is 18.4 Å². The van der Waals surface area contributed by atoms with Crippen molar-refractivity contribution in [3.8, 4) is 0 Å². The third kappa shape index (κ3) is 6.54. The lowest BCUT2D eigenvalue weighted by atomic mass is 9.95. The molecule has 9 heteroatoms. The number of nitrogens with one attached hydrogen (secondary N) is 2. The van der Waals surface area contributed by atoms with E-state index in [1.807, 2.05) is 75.7 Å². The van der Waals surface area contributed by atoms with E-state index >= 15 is 4.39 Å². The van der Waals surface area contributed by atoms with Crippen molar-refractivity contribution in [3.63, 3.8) is 0 Å². The van der Waals surface area contributed by atoms with Gasteiger partial charge < -0.3 is 20.1 Å². The summed E-state index contributed by atoms with van der Waals surface area (Å²) in [4.78, 5) is 33.1. The van der Waals surface area contributed by atoms with E-state index < -0.39 is 11.2 Å². The van der Waals surface area contributed by atoms with Crippen LogP contribution in [0.1, 0.15) is 67.0 Å². The molecule has 2 N–H and O–H groups in total. The van der Waals surface area contributed by atoms with Crippen LogP contribution in [-0.4, -0.2) is 34.5 Å². The number of hydrogen-bond acceptors (Lipinski definition) is 4. The maximum absolute atomic E-state index is 15.7. The molecule has 7 nitrogen and oxygen atoms in total. The predicted octanol–water partition coefficient (Wildman–Crippen LogP) is 7.03. The fraction of sp³-hybridized carbons (Fsp3) is 0.382. The van der Waals surface area contributed by atoms with Gasteiger partial charge in [-0.1, -0.05) is 63.1 Å². The van der Waals surface area contributed by atoms with Gasteiger partial charge in [-0.3, -0.25) is 9.59 Å². The minimum atomic E-state index is -0.583. The summed E-state index contributed by atoms with van der Waals surface area (Å²) >= 11 is 6.49. The zero-order chi connectivity index (χ0) is 31.1. The van der Waals surface area contributed by atoms with Crippen LogP contribution >= 0.6 is 11.6 Å². The van der Waals surface area contributed by atoms with Crippen LogP contribution in [0.4, 0.5) is 15.8 Å². The number of hydrogen-bond donors (Lipinski definition) is 2. The number of imidazole rings is 1. The average Bonchev–Trinajstić information content (AvgIpc) is 3.52. The Morgan fingerprint density at radius 1 is 1.12 bits per heavy atom. The lowest BCUT2D eigenvalue weighted by molar-refractivity contribution is -0.128. The second kappa shape index (κ2) is 12.0. The van der Waals surface area contributed by atoms with Crippen molar-refractivity contribution in [3.05, 3.63) is 87.4 Å². The highest BCUT2D eigenvalue weighted by molar-refractivity contribution is 6.31. The number of benzene rings is 3. The van der Waals surface area contributed by atoms with E-state index in [9.17, 15) is 9.59 Å². The van der Waals surface area contributed by atoms with Gasteiger partial charge in [0.05, 0.1) is 22.3 Å². The Morgan fingerprint density at radius 3 is 2.49 bits per heavy atom. The molecule has 1 atom stereocenters. The fourth-order valence-electron chi connectivity index (χ4n) is 5.41. The molecule has 2 amide bonds. The lowest BCUT2D eigenvalue weighted by Gasteiger charge is -2.22. The Balaban J connectivity index is 1.49. The number of nitrogens with zero attached hydrogens (tertiary/aromatic N) is 3. The second-order valence-corrected chi connectivity index (χ2v) is 13.1. The summed E-state index contributed by atoms with van der Waals surface area (Å²) in [6.07, 6.45) is 1.20. The molecule has 0 bridgehead atoms. The minimum absolute atomic E-state index is 0.0612. The minimum Gasteiger partial charge on any atom is -0.371 e. The van der Waals surface area contributed by atoms with E-state index in [1.165, 1.54) is 0 Å². The molecule has 226 valence electrons. The molecule has 2 heterocycles. The van der Waals surface area contributed by atoms with Crippen LogP contribution in [-0.2, 0) is 24.8 Å². The number of carbonyl (C=O) groups is 2. The van der Waals surface area contributed by atoms with Crippen molar-refractivity contribution in [2.45, 2.75) is 54.0 Å². The van der Waals surface area contributed by atoms with Crippen molar-refractivity contribution >= 4 is 45.8 Å². The number of carbonyl (C=O) groups excluding carboxylic acids is 2. The number of anilines is 2. The molecule has 3 aromatic carbocycles. The first-order valence-corrected chi connectivity index (χ1v) is 15.1. The Morgan fingerprint density at radius 2 is 1.84 bits per heavy atom. The second-order valence-electron chi connectivity index (χ2n) is 12.7. The van der Waals surface area contributed by atoms with Crippen molar-refractivity contribution in [1.29, 1.82) is 0 Å². The number of aryl methyl sites for hydroxylation is 2. The van der Waals surface area contributed by atoms with Gasteiger partial charge in [0.15, 0.2) is 0 Å². The first-order chi connectivity index (χ1) is 20.3. The number of aromatic nitrogens is 2. The number of halogens is 2. The van der Waals surface area contributed by atoms with Gasteiger partial charge in [0.25, 0.3) is 5.91 Å². The molecule has 0 saturated carbocycles. The molecule has 4 aromatic rings. The maximum atomic E-state index is 15.7. The normalized spacial score (nSPS) is 15.3. The number of rotatable bonds is 7. The van der Waals surface area contributed by atoms with E-state index in [4.69, 9.17) is 16.6 Å². The van der Waals surface area contributed by atoms with Gasteiger partial charge in [0, 0.05) is 60.4 Å². The van der Waals surface area contributed by atoms with Crippen LogP contribution in [0, 0.1) is 24.1 Å². The fourth-order valence-corrected chi connectivity index (χ4v) is 5.62. The summed E-state index contributed by atoms with van der Waals surface area (Å²) in [7, 11) is 1.90. The molecule has 1 saturated heterocycles. The molecule has 1 aliphatic heterocycles. The topological polar surface area (TPSA) is 79.3 Å². The first kappa shape index (κ1) is 30.5. The van der Waals surface area contributed by atoms with Crippen molar-refractivity contribution < 1.29 is 14.0 Å². The molecule has 1 aromatic heterocycles. The third-order valence-electron chi connectivity index (χ3n) is 8.13. The highest BCUT2D eigenvalue weighted by atomic mass is 35.5. The number of amides is 2. The molecule has 0 aliphatic carbocycles. The molecule has 0 radical (unpaired) electrons. The van der Waals surface area contributed by atoms with Gasteiger partial charge in [-0.25, -0.2) is 9.37 Å². The first-order valence-electron chi connectivity index (χ1n) is 14.7. The molecular weight excluding hydrogens is 565 g/mol. The van der Waals surface area contributed by atoms with E-state index in [0.717, 1.165) is 42.0 Å². The van der Waals surface area contributed by atoms with Crippen LogP contribution < -0.4 is 15.5 Å². The molecule has 0 spiro atoms. The van der Waals surface area contributed by atoms with Crippen LogP contribution in [0.15, 0.2) is 48.5 Å². The summed E-state index contributed by atoms with van der Waals surface area (Å²) in [5.41, 5.74) is 4.83. The number of fused-ring (bicyclic) bond motifs is 1. The zero-order valence-corrected chi connectivity index (χ0v) is 26.4. The van der Waals surface area contributed by atoms with Gasteiger partial charge in [-0.15, -0.1) is 0 Å². The van der Waals surface area contributed by atoms with E-state index in [-0.39, 0.29) is 24.8 Å². The molecule has 1 aliphatic rings. The third-order valence-corrected chi connectivity index (χ3v) is 8.49. The highest BCUT2D eigenvalue weighted by Crippen LogP contribution is 2.33. The van der Waals surface area contributed by atoms with Gasteiger partial charge in [0.1, 0.15) is 11.6 Å². The Bertz CT molecular complexity index is 1690. The van der Waals surface area contributed by atoms with Gasteiger partial charge in [0.2, 0.25) is 5.91 Å². The standard InChI is InChI=1S/C34H39ClFN5O2/c1-20-7-10-23(11-8-20)38-32(42)25-15-27-29(17-28(25)41-14-13-21(2)19-41)40(6)30(39-27)16-24-26(35)12-9-22(31(24)36)18-37-33(43)34(3,4)5/h7-12,15,17,21H,13-14,16,18-19H2,1-6H3,(H,37,43)(H,38,42)/t21-/m1/s1. The molecule has 43 heavy (non-hydrogen) atoms. The van der Waals surface area contributed by atoms with Crippen LogP contribution in [0.2, 0.25) is 5.02 Å². The van der Waals surface area contributed by atoms with E-state index in [1.54, 1.807) is 12.1 Å². The Labute approximate surface area is 257 Å². The molecule has 0 unspecified atom stereocenters. The Hall–Kier alpha value is -3.91. The zero-order valence-electron chi connectivity index (χ0n) is 25.6. The van der Waals surface area contributed by atoms with Crippen molar-refractivity contribution in [2.75, 3.05) is 23.3 Å². The van der Waals surface area contributed by atoms with Gasteiger partial charge >= 0.3 is 0 Å². The Kier molecular flexibility index (Phi) is 8.52. The maximum Gasteiger partial charge on any atom is 0.257 e. The van der Waals surface area contributed by atoms with Crippen LogP contribution in [0.3, 0.4) is 0 Å².